The molecule has 1 aliphatic rings. The summed E-state index contributed by atoms with van der Waals surface area (Å²) in [5, 5.41) is 0. The standard InChI is InChI=1S/C15H24N2O.2ClH/c16-8-5-11-18-15-7-4-6-14(12-15)13-17-9-2-1-3-10-17;;/h4,6-7,12H,1-3,5,8-11,13,16H2;2*1H. The molecule has 0 aliphatic carbocycles. The molecule has 2 N–H and O–H groups in total. The molecule has 0 radical (unpaired) electrons. The van der Waals surface area contributed by atoms with Crippen molar-refractivity contribution in [1.82, 2.24) is 4.90 Å². The van der Waals surface area contributed by atoms with Gasteiger partial charge in [-0.25, -0.2) is 0 Å². The average Bonchev–Trinajstić information content (AvgIpc) is 2.41. The van der Waals surface area contributed by atoms with E-state index in [4.69, 9.17) is 10.5 Å². The molecule has 0 atom stereocenters. The van der Waals surface area contributed by atoms with E-state index in [2.05, 4.69) is 23.1 Å². The van der Waals surface area contributed by atoms with Crippen LogP contribution in [0.25, 0.3) is 0 Å². The van der Waals surface area contributed by atoms with E-state index in [1.807, 2.05) is 6.07 Å². The van der Waals surface area contributed by atoms with Gasteiger partial charge in [0.1, 0.15) is 5.75 Å². The predicted octanol–water partition coefficient (Wildman–Crippen LogP) is 3.24. The Hall–Kier alpha value is -0.480. The second-order valence-electron chi connectivity index (χ2n) is 4.97. The first-order valence-electron chi connectivity index (χ1n) is 7.02. The molecule has 116 valence electrons. The summed E-state index contributed by atoms with van der Waals surface area (Å²) >= 11 is 0. The molecule has 1 aromatic rings. The molecule has 0 unspecified atom stereocenters. The Bertz CT molecular complexity index is 357. The van der Waals surface area contributed by atoms with Gasteiger partial charge in [-0.1, -0.05) is 18.6 Å². The molecule has 0 spiro atoms. The summed E-state index contributed by atoms with van der Waals surface area (Å²) in [6.07, 6.45) is 4.98. The summed E-state index contributed by atoms with van der Waals surface area (Å²) in [6.45, 7) is 4.92. The van der Waals surface area contributed by atoms with E-state index >= 15 is 0 Å². The van der Waals surface area contributed by atoms with Crippen molar-refractivity contribution in [2.24, 2.45) is 5.73 Å². The van der Waals surface area contributed by atoms with Crippen LogP contribution in [0.4, 0.5) is 0 Å². The number of nitrogens with two attached hydrogens (primary N) is 1. The molecule has 0 saturated carbocycles. The van der Waals surface area contributed by atoms with Crippen molar-refractivity contribution in [3.63, 3.8) is 0 Å². The second kappa shape index (κ2) is 11.2. The second-order valence-corrected chi connectivity index (χ2v) is 4.97. The SMILES string of the molecule is Cl.Cl.NCCCOc1cccc(CN2CCCCC2)c1. The topological polar surface area (TPSA) is 38.5 Å². The fraction of sp³-hybridized carbons (Fsp3) is 0.600. The van der Waals surface area contributed by atoms with Gasteiger partial charge in [0.2, 0.25) is 0 Å². The zero-order valence-electron chi connectivity index (χ0n) is 11.9. The lowest BCUT2D eigenvalue weighted by molar-refractivity contribution is 0.220. The number of piperidine rings is 1. The van der Waals surface area contributed by atoms with Crippen LogP contribution >= 0.6 is 24.8 Å². The molecule has 1 aliphatic heterocycles. The summed E-state index contributed by atoms with van der Waals surface area (Å²) in [5.41, 5.74) is 6.81. The molecule has 2 rings (SSSR count). The van der Waals surface area contributed by atoms with E-state index < -0.39 is 0 Å². The first-order chi connectivity index (χ1) is 8.88. The third-order valence-corrected chi connectivity index (χ3v) is 3.37. The molecule has 0 aromatic heterocycles. The van der Waals surface area contributed by atoms with Gasteiger partial charge in [0.15, 0.2) is 0 Å². The Labute approximate surface area is 134 Å². The maximum Gasteiger partial charge on any atom is 0.119 e. The van der Waals surface area contributed by atoms with Crippen molar-refractivity contribution in [3.05, 3.63) is 29.8 Å². The first-order valence-corrected chi connectivity index (χ1v) is 7.02. The Morgan fingerprint density at radius 3 is 2.55 bits per heavy atom. The highest BCUT2D eigenvalue weighted by atomic mass is 35.5. The fourth-order valence-electron chi connectivity index (χ4n) is 2.38. The number of halogens is 2. The number of hydrogen-bond acceptors (Lipinski definition) is 3. The highest BCUT2D eigenvalue weighted by molar-refractivity contribution is 5.85. The van der Waals surface area contributed by atoms with E-state index in [-0.39, 0.29) is 24.8 Å². The van der Waals surface area contributed by atoms with E-state index in [1.54, 1.807) is 0 Å². The van der Waals surface area contributed by atoms with Gasteiger partial charge in [-0.15, -0.1) is 24.8 Å². The summed E-state index contributed by atoms with van der Waals surface area (Å²) < 4.78 is 5.68. The quantitative estimate of drug-likeness (QED) is 0.818. The lowest BCUT2D eigenvalue weighted by Crippen LogP contribution is -2.29. The van der Waals surface area contributed by atoms with Crippen molar-refractivity contribution in [2.45, 2.75) is 32.2 Å². The number of benzene rings is 1. The van der Waals surface area contributed by atoms with Gasteiger partial charge in [0, 0.05) is 6.54 Å². The average molecular weight is 321 g/mol. The Kier molecular flexibility index (Phi) is 10.9. The van der Waals surface area contributed by atoms with Crippen LogP contribution in [0.5, 0.6) is 5.75 Å². The highest BCUT2D eigenvalue weighted by Gasteiger charge is 2.10. The van der Waals surface area contributed by atoms with Crippen LogP contribution in [0.1, 0.15) is 31.2 Å². The Balaban J connectivity index is 0.00000180. The molecule has 1 saturated heterocycles. The lowest BCUT2D eigenvalue weighted by Gasteiger charge is -2.26. The van der Waals surface area contributed by atoms with Gasteiger partial charge in [-0.3, -0.25) is 4.90 Å². The minimum atomic E-state index is 0. The predicted molar refractivity (Wildman–Crippen MR) is 89.2 cm³/mol. The molecule has 5 heteroatoms. The normalized spacial score (nSPS) is 15.1. The highest BCUT2D eigenvalue weighted by Crippen LogP contribution is 2.17. The summed E-state index contributed by atoms with van der Waals surface area (Å²) in [6, 6.07) is 8.45. The maximum absolute atomic E-state index is 5.68. The monoisotopic (exact) mass is 320 g/mol. The molecular formula is C15H26Cl2N2O. The van der Waals surface area contributed by atoms with Crippen molar-refractivity contribution in [1.29, 1.82) is 0 Å². The summed E-state index contributed by atoms with van der Waals surface area (Å²) in [4.78, 5) is 2.53. The molecule has 20 heavy (non-hydrogen) atoms. The van der Waals surface area contributed by atoms with Gasteiger partial charge in [0.05, 0.1) is 6.61 Å². The minimum absolute atomic E-state index is 0. The van der Waals surface area contributed by atoms with Crippen LogP contribution < -0.4 is 10.5 Å². The molecule has 0 amide bonds. The Morgan fingerprint density at radius 2 is 1.85 bits per heavy atom. The van der Waals surface area contributed by atoms with Crippen LogP contribution in [0.2, 0.25) is 0 Å². The molecule has 1 fully saturated rings. The third-order valence-electron chi connectivity index (χ3n) is 3.37. The fourth-order valence-corrected chi connectivity index (χ4v) is 2.38. The van der Waals surface area contributed by atoms with Crippen LogP contribution in [-0.2, 0) is 6.54 Å². The summed E-state index contributed by atoms with van der Waals surface area (Å²) in [7, 11) is 0. The maximum atomic E-state index is 5.68. The van der Waals surface area contributed by atoms with Crippen LogP contribution in [0.3, 0.4) is 0 Å². The number of hydrogen-bond donors (Lipinski definition) is 1. The van der Waals surface area contributed by atoms with Crippen molar-refractivity contribution >= 4 is 24.8 Å². The molecular weight excluding hydrogens is 295 g/mol. The number of rotatable bonds is 6. The van der Waals surface area contributed by atoms with E-state index in [1.165, 1.54) is 37.9 Å². The molecule has 3 nitrogen and oxygen atoms in total. The van der Waals surface area contributed by atoms with Gasteiger partial charge >= 0.3 is 0 Å². The van der Waals surface area contributed by atoms with Gasteiger partial charge in [-0.2, -0.15) is 0 Å². The number of nitrogens with zero attached hydrogens (tertiary/aromatic N) is 1. The van der Waals surface area contributed by atoms with Gasteiger partial charge in [0.25, 0.3) is 0 Å². The first kappa shape index (κ1) is 19.5. The number of likely N-dealkylation sites (tertiary alicyclic amines) is 1. The minimum Gasteiger partial charge on any atom is -0.494 e. The van der Waals surface area contributed by atoms with Crippen LogP contribution in [0.15, 0.2) is 24.3 Å². The van der Waals surface area contributed by atoms with Gasteiger partial charge in [-0.05, 0) is 56.6 Å². The number of ether oxygens (including phenoxy) is 1. The van der Waals surface area contributed by atoms with E-state index in [0.29, 0.717) is 13.2 Å². The third kappa shape index (κ3) is 6.80. The molecule has 1 heterocycles. The largest absolute Gasteiger partial charge is 0.494 e. The van der Waals surface area contributed by atoms with Gasteiger partial charge < -0.3 is 10.5 Å². The van der Waals surface area contributed by atoms with Crippen LogP contribution in [0, 0.1) is 0 Å². The lowest BCUT2D eigenvalue weighted by atomic mass is 10.1. The summed E-state index contributed by atoms with van der Waals surface area (Å²) in [5.74, 6) is 0.970. The van der Waals surface area contributed by atoms with Crippen molar-refractivity contribution < 1.29 is 4.74 Å². The Morgan fingerprint density at radius 1 is 1.10 bits per heavy atom. The van der Waals surface area contributed by atoms with E-state index in [0.717, 1.165) is 18.7 Å². The van der Waals surface area contributed by atoms with Crippen molar-refractivity contribution in [3.8, 4) is 5.75 Å². The van der Waals surface area contributed by atoms with Crippen LogP contribution in [-0.4, -0.2) is 31.1 Å². The van der Waals surface area contributed by atoms with Crippen molar-refractivity contribution in [2.75, 3.05) is 26.2 Å². The zero-order chi connectivity index (χ0) is 12.6. The van der Waals surface area contributed by atoms with E-state index in [9.17, 15) is 0 Å². The smallest absolute Gasteiger partial charge is 0.119 e. The zero-order valence-corrected chi connectivity index (χ0v) is 13.6. The molecule has 1 aromatic carbocycles. The molecule has 0 bridgehead atoms.